The van der Waals surface area contributed by atoms with Crippen molar-refractivity contribution in [2.45, 2.75) is 64.8 Å². The molecule has 1 aromatic rings. The molecule has 8 nitrogen and oxygen atoms in total. The second-order valence-corrected chi connectivity index (χ2v) is 10.4. The molecule has 1 saturated heterocycles. The van der Waals surface area contributed by atoms with E-state index in [1.807, 2.05) is 19.1 Å². The number of hydrogen-bond donors (Lipinski definition) is 2. The average molecular weight is 483 g/mol. The molecule has 4 aliphatic rings. The number of piperazine rings is 1. The number of nitrogens with zero attached hydrogens (tertiary/aromatic N) is 2. The molecule has 2 fully saturated rings. The van der Waals surface area contributed by atoms with Crippen molar-refractivity contribution < 1.29 is 19.1 Å². The largest absolute Gasteiger partial charge is 0.490 e. The first-order chi connectivity index (χ1) is 16.9. The molecule has 0 spiro atoms. The number of rotatable bonds is 7. The van der Waals surface area contributed by atoms with Gasteiger partial charge in [0.2, 0.25) is 5.91 Å². The Morgan fingerprint density at radius 3 is 2.63 bits per heavy atom. The van der Waals surface area contributed by atoms with Crippen LogP contribution >= 0.6 is 0 Å². The Hall–Kier alpha value is -2.58. The normalized spacial score (nSPS) is 29.2. The molecule has 8 heteroatoms. The second-order valence-electron chi connectivity index (χ2n) is 10.4. The molecule has 0 radical (unpaired) electrons. The summed E-state index contributed by atoms with van der Waals surface area (Å²) < 4.78 is 11.7. The number of hydrogen-bond acceptors (Lipinski definition) is 6. The lowest BCUT2D eigenvalue weighted by atomic mass is 9.83. The van der Waals surface area contributed by atoms with Crippen molar-refractivity contribution in [1.29, 1.82) is 0 Å². The molecule has 1 saturated carbocycles. The zero-order valence-corrected chi connectivity index (χ0v) is 21.1. The molecule has 4 unspecified atom stereocenters. The van der Waals surface area contributed by atoms with Gasteiger partial charge in [-0.25, -0.2) is 0 Å². The Bertz CT molecular complexity index is 984. The van der Waals surface area contributed by atoms with Gasteiger partial charge < -0.3 is 20.1 Å². The van der Waals surface area contributed by atoms with Gasteiger partial charge in [-0.15, -0.1) is 0 Å². The summed E-state index contributed by atoms with van der Waals surface area (Å²) in [7, 11) is 0. The fourth-order valence-electron chi connectivity index (χ4n) is 5.44. The third kappa shape index (κ3) is 5.48. The minimum absolute atomic E-state index is 0.0131. The van der Waals surface area contributed by atoms with E-state index in [9.17, 15) is 9.59 Å². The maximum atomic E-state index is 12.5. The fraction of sp³-hybridized carbons (Fsp3) is 0.630. The highest BCUT2D eigenvalue weighted by Crippen LogP contribution is 2.40. The lowest BCUT2D eigenvalue weighted by Gasteiger charge is -2.42. The van der Waals surface area contributed by atoms with E-state index >= 15 is 0 Å². The van der Waals surface area contributed by atoms with Crippen LogP contribution in [0, 0.1) is 11.8 Å². The number of benzene rings is 1. The van der Waals surface area contributed by atoms with Gasteiger partial charge in [0, 0.05) is 44.8 Å². The lowest BCUT2D eigenvalue weighted by Crippen LogP contribution is -2.52. The van der Waals surface area contributed by atoms with Crippen molar-refractivity contribution in [2.24, 2.45) is 11.8 Å². The molecule has 2 heterocycles. The molecule has 2 amide bonds. The van der Waals surface area contributed by atoms with Gasteiger partial charge in [-0.2, -0.15) is 0 Å². The molecule has 35 heavy (non-hydrogen) atoms. The van der Waals surface area contributed by atoms with Crippen LogP contribution in [0.25, 0.3) is 0 Å². The maximum Gasteiger partial charge on any atom is 0.265 e. The lowest BCUT2D eigenvalue weighted by molar-refractivity contribution is -0.124. The van der Waals surface area contributed by atoms with Crippen LogP contribution in [0.5, 0.6) is 11.5 Å². The number of carbonyl (C=O) groups is 2. The van der Waals surface area contributed by atoms with Gasteiger partial charge in [0.25, 0.3) is 5.91 Å². The minimum Gasteiger partial charge on any atom is -0.490 e. The predicted molar refractivity (Wildman–Crippen MR) is 135 cm³/mol. The summed E-state index contributed by atoms with van der Waals surface area (Å²) in [4.78, 5) is 29.6. The Kier molecular flexibility index (Phi) is 7.02. The van der Waals surface area contributed by atoms with E-state index in [4.69, 9.17) is 9.47 Å². The van der Waals surface area contributed by atoms with Gasteiger partial charge in [-0.1, -0.05) is 19.1 Å². The van der Waals surface area contributed by atoms with Crippen LogP contribution in [0.15, 0.2) is 24.3 Å². The van der Waals surface area contributed by atoms with Crippen molar-refractivity contribution in [3.05, 3.63) is 29.8 Å². The highest BCUT2D eigenvalue weighted by Gasteiger charge is 2.34. The molecular weight excluding hydrogens is 444 g/mol. The highest BCUT2D eigenvalue weighted by atomic mass is 16.5. The van der Waals surface area contributed by atoms with Crippen LogP contribution in [-0.2, 0) is 16.1 Å². The van der Waals surface area contributed by atoms with Crippen LogP contribution in [0.4, 0.5) is 5.69 Å². The highest BCUT2D eigenvalue weighted by molar-refractivity contribution is 5.98. The quantitative estimate of drug-likeness (QED) is 0.582. The third-order valence-corrected chi connectivity index (χ3v) is 7.58. The molecule has 0 bridgehead atoms. The SMILES string of the molecule is CCOc1cc(CN2CCN(C3C=CC(C(=O)NC4CC4)CC3C)CC2)cc2c1OC(C)C(=O)N2. The summed E-state index contributed by atoms with van der Waals surface area (Å²) in [5.41, 5.74) is 1.80. The molecule has 4 atom stereocenters. The first-order valence-electron chi connectivity index (χ1n) is 13.1. The van der Waals surface area contributed by atoms with Crippen LogP contribution in [0.3, 0.4) is 0 Å². The Morgan fingerprint density at radius 1 is 1.17 bits per heavy atom. The summed E-state index contributed by atoms with van der Waals surface area (Å²) in [6, 6.07) is 4.86. The molecule has 2 aliphatic carbocycles. The molecule has 0 aromatic heterocycles. The topological polar surface area (TPSA) is 83.1 Å². The number of fused-ring (bicyclic) bond motifs is 1. The Labute approximate surface area is 208 Å². The number of amides is 2. The number of anilines is 1. The first-order valence-corrected chi connectivity index (χ1v) is 13.1. The van der Waals surface area contributed by atoms with Gasteiger partial charge in [-0.05, 0) is 56.7 Å². The summed E-state index contributed by atoms with van der Waals surface area (Å²) in [5.74, 6) is 1.85. The summed E-state index contributed by atoms with van der Waals surface area (Å²) in [6.07, 6.45) is 7.05. The van der Waals surface area contributed by atoms with Crippen molar-refractivity contribution in [3.63, 3.8) is 0 Å². The smallest absolute Gasteiger partial charge is 0.265 e. The molecule has 190 valence electrons. The fourth-order valence-corrected chi connectivity index (χ4v) is 5.44. The van der Waals surface area contributed by atoms with Crippen molar-refractivity contribution in [3.8, 4) is 11.5 Å². The standard InChI is InChI=1S/C27H38N4O4/c1-4-34-24-15-19(14-22-25(24)35-18(3)26(32)29-22)16-30-9-11-31(12-10-30)23-8-5-20(13-17(23)2)27(33)28-21-6-7-21/h5,8,14-15,17-18,20-21,23H,4,6-7,9-13,16H2,1-3H3,(H,28,33)(H,29,32). The van der Waals surface area contributed by atoms with Crippen molar-refractivity contribution >= 4 is 17.5 Å². The van der Waals surface area contributed by atoms with Gasteiger partial charge in [0.1, 0.15) is 0 Å². The van der Waals surface area contributed by atoms with Crippen LogP contribution in [0.2, 0.25) is 0 Å². The van der Waals surface area contributed by atoms with E-state index in [1.54, 1.807) is 6.92 Å². The van der Waals surface area contributed by atoms with E-state index in [0.717, 1.165) is 57.5 Å². The zero-order chi connectivity index (χ0) is 24.5. The van der Waals surface area contributed by atoms with Gasteiger partial charge in [-0.3, -0.25) is 19.4 Å². The maximum absolute atomic E-state index is 12.5. The molecule has 2 aliphatic heterocycles. The van der Waals surface area contributed by atoms with E-state index in [-0.39, 0.29) is 17.7 Å². The molecule has 2 N–H and O–H groups in total. The molecule has 5 rings (SSSR count). The molecule has 1 aromatic carbocycles. The van der Waals surface area contributed by atoms with Crippen molar-refractivity contribution in [2.75, 3.05) is 38.1 Å². The van der Waals surface area contributed by atoms with Gasteiger partial charge >= 0.3 is 0 Å². The predicted octanol–water partition coefficient (Wildman–Crippen LogP) is 2.78. The van der Waals surface area contributed by atoms with E-state index in [1.165, 1.54) is 0 Å². The van der Waals surface area contributed by atoms with Gasteiger partial charge in [0.05, 0.1) is 18.2 Å². The minimum atomic E-state index is -0.528. The summed E-state index contributed by atoms with van der Waals surface area (Å²) >= 11 is 0. The van der Waals surface area contributed by atoms with Crippen LogP contribution < -0.4 is 20.1 Å². The summed E-state index contributed by atoms with van der Waals surface area (Å²) in [5, 5.41) is 6.11. The second kappa shape index (κ2) is 10.2. The summed E-state index contributed by atoms with van der Waals surface area (Å²) in [6.45, 7) is 11.3. The monoisotopic (exact) mass is 482 g/mol. The van der Waals surface area contributed by atoms with Crippen LogP contribution in [-0.4, -0.2) is 72.6 Å². The van der Waals surface area contributed by atoms with E-state index in [0.29, 0.717) is 41.8 Å². The zero-order valence-electron chi connectivity index (χ0n) is 21.1. The Balaban J connectivity index is 1.18. The van der Waals surface area contributed by atoms with Gasteiger partial charge in [0.15, 0.2) is 17.6 Å². The van der Waals surface area contributed by atoms with E-state index in [2.05, 4.69) is 39.5 Å². The molecular formula is C27H38N4O4. The third-order valence-electron chi connectivity index (χ3n) is 7.58. The number of nitrogens with one attached hydrogen (secondary N) is 2. The Morgan fingerprint density at radius 2 is 1.94 bits per heavy atom. The number of ether oxygens (including phenoxy) is 2. The van der Waals surface area contributed by atoms with Crippen molar-refractivity contribution in [1.82, 2.24) is 15.1 Å². The average Bonchev–Trinajstić information content (AvgIpc) is 3.65. The number of carbonyl (C=O) groups excluding carboxylic acids is 2. The van der Waals surface area contributed by atoms with Crippen LogP contribution in [0.1, 0.15) is 45.6 Å². The first kappa shape index (κ1) is 24.1. The van der Waals surface area contributed by atoms with E-state index < -0.39 is 6.10 Å².